The number of benzene rings is 2. The first-order valence-corrected chi connectivity index (χ1v) is 6.34. The minimum Gasteiger partial charge on any atom is -0.310 e. The van der Waals surface area contributed by atoms with E-state index in [0.717, 1.165) is 23.7 Å². The highest BCUT2D eigenvalue weighted by atomic mass is 19.2. The minimum absolute atomic E-state index is 0.409. The molecule has 0 aliphatic rings. The van der Waals surface area contributed by atoms with E-state index in [1.54, 1.807) is 6.07 Å². The lowest BCUT2D eigenvalue weighted by Gasteiger charge is -2.09. The van der Waals surface area contributed by atoms with Gasteiger partial charge in [0.15, 0.2) is 11.6 Å². The second kappa shape index (κ2) is 5.93. The molecule has 0 saturated carbocycles. The summed E-state index contributed by atoms with van der Waals surface area (Å²) in [5.74, 6) is -1.63. The van der Waals surface area contributed by atoms with E-state index >= 15 is 0 Å². The first-order chi connectivity index (χ1) is 9.06. The van der Waals surface area contributed by atoms with Crippen LogP contribution in [0.5, 0.6) is 0 Å². The zero-order valence-electron chi connectivity index (χ0n) is 11.1. The van der Waals surface area contributed by atoms with E-state index in [0.29, 0.717) is 11.6 Å². The van der Waals surface area contributed by atoms with Gasteiger partial charge in [-0.15, -0.1) is 0 Å². The van der Waals surface area contributed by atoms with E-state index in [-0.39, 0.29) is 0 Å². The Balaban J connectivity index is 2.24. The maximum Gasteiger partial charge on any atom is 0.159 e. The molecular formula is C16H17F2N. The van der Waals surface area contributed by atoms with E-state index in [1.165, 1.54) is 6.07 Å². The van der Waals surface area contributed by atoms with E-state index in [1.807, 2.05) is 24.3 Å². The SMILES string of the molecule is CC(C)NCc1cccc(-c2ccc(F)c(F)c2)c1. The van der Waals surface area contributed by atoms with Crippen molar-refractivity contribution in [3.63, 3.8) is 0 Å². The van der Waals surface area contributed by atoms with Crippen LogP contribution in [-0.4, -0.2) is 6.04 Å². The molecule has 0 aromatic heterocycles. The number of rotatable bonds is 4. The highest BCUT2D eigenvalue weighted by molar-refractivity contribution is 5.64. The molecule has 100 valence electrons. The Labute approximate surface area is 112 Å². The molecule has 0 aliphatic heterocycles. The van der Waals surface area contributed by atoms with Crippen molar-refractivity contribution in [2.24, 2.45) is 0 Å². The summed E-state index contributed by atoms with van der Waals surface area (Å²) in [6, 6.07) is 12.2. The molecular weight excluding hydrogens is 244 g/mol. The van der Waals surface area contributed by atoms with Crippen LogP contribution in [0.1, 0.15) is 19.4 Å². The van der Waals surface area contributed by atoms with Crippen molar-refractivity contribution in [3.8, 4) is 11.1 Å². The van der Waals surface area contributed by atoms with Gasteiger partial charge >= 0.3 is 0 Å². The molecule has 2 aromatic carbocycles. The highest BCUT2D eigenvalue weighted by Gasteiger charge is 2.05. The highest BCUT2D eigenvalue weighted by Crippen LogP contribution is 2.22. The molecule has 0 fully saturated rings. The maximum absolute atomic E-state index is 13.2. The molecule has 3 heteroatoms. The summed E-state index contributed by atoms with van der Waals surface area (Å²) < 4.78 is 26.2. The van der Waals surface area contributed by atoms with Crippen molar-refractivity contribution >= 4 is 0 Å². The van der Waals surface area contributed by atoms with Crippen molar-refractivity contribution in [3.05, 3.63) is 59.7 Å². The van der Waals surface area contributed by atoms with Crippen molar-refractivity contribution in [1.82, 2.24) is 5.32 Å². The first-order valence-electron chi connectivity index (χ1n) is 6.34. The van der Waals surface area contributed by atoms with Gasteiger partial charge in [-0.25, -0.2) is 8.78 Å². The lowest BCUT2D eigenvalue weighted by molar-refractivity contribution is 0.509. The van der Waals surface area contributed by atoms with Crippen LogP contribution in [0, 0.1) is 11.6 Å². The molecule has 2 rings (SSSR count). The standard InChI is InChI=1S/C16H17F2N/c1-11(2)19-10-12-4-3-5-13(8-12)14-6-7-15(17)16(18)9-14/h3-9,11,19H,10H2,1-2H3. The summed E-state index contributed by atoms with van der Waals surface area (Å²) >= 11 is 0. The van der Waals surface area contributed by atoms with Gasteiger partial charge in [-0.1, -0.05) is 38.1 Å². The lowest BCUT2D eigenvalue weighted by Crippen LogP contribution is -2.21. The molecule has 0 atom stereocenters. The van der Waals surface area contributed by atoms with Gasteiger partial charge in [-0.3, -0.25) is 0 Å². The molecule has 0 saturated heterocycles. The van der Waals surface area contributed by atoms with Crippen molar-refractivity contribution in [2.75, 3.05) is 0 Å². The molecule has 1 N–H and O–H groups in total. The molecule has 0 bridgehead atoms. The van der Waals surface area contributed by atoms with Gasteiger partial charge in [-0.05, 0) is 34.9 Å². The quantitative estimate of drug-likeness (QED) is 0.872. The van der Waals surface area contributed by atoms with Crippen molar-refractivity contribution in [2.45, 2.75) is 26.4 Å². The Morgan fingerprint density at radius 1 is 0.947 bits per heavy atom. The molecule has 1 nitrogen and oxygen atoms in total. The summed E-state index contributed by atoms with van der Waals surface area (Å²) in [6.07, 6.45) is 0. The molecule has 0 amide bonds. The summed E-state index contributed by atoms with van der Waals surface area (Å²) in [5.41, 5.74) is 2.70. The largest absolute Gasteiger partial charge is 0.310 e. The lowest BCUT2D eigenvalue weighted by atomic mass is 10.0. The van der Waals surface area contributed by atoms with Gasteiger partial charge < -0.3 is 5.32 Å². The first kappa shape index (κ1) is 13.7. The Kier molecular flexibility index (Phi) is 4.27. The Morgan fingerprint density at radius 2 is 1.68 bits per heavy atom. The van der Waals surface area contributed by atoms with E-state index < -0.39 is 11.6 Å². The zero-order chi connectivity index (χ0) is 13.8. The Morgan fingerprint density at radius 3 is 2.37 bits per heavy atom. The van der Waals surface area contributed by atoms with Gasteiger partial charge in [0.2, 0.25) is 0 Å². The van der Waals surface area contributed by atoms with Crippen molar-refractivity contribution in [1.29, 1.82) is 0 Å². The predicted octanol–water partition coefficient (Wildman–Crippen LogP) is 4.13. The van der Waals surface area contributed by atoms with Crippen LogP contribution in [0.2, 0.25) is 0 Å². The Bertz CT molecular complexity index is 564. The molecule has 0 heterocycles. The van der Waals surface area contributed by atoms with Gasteiger partial charge in [0.05, 0.1) is 0 Å². The normalized spacial score (nSPS) is 11.0. The van der Waals surface area contributed by atoms with Gasteiger partial charge in [0.25, 0.3) is 0 Å². The number of hydrogen-bond acceptors (Lipinski definition) is 1. The van der Waals surface area contributed by atoms with E-state index in [4.69, 9.17) is 0 Å². The van der Waals surface area contributed by atoms with E-state index in [2.05, 4.69) is 19.2 Å². The molecule has 0 unspecified atom stereocenters. The Hall–Kier alpha value is -1.74. The molecule has 2 aromatic rings. The summed E-state index contributed by atoms with van der Waals surface area (Å²) in [4.78, 5) is 0. The van der Waals surface area contributed by atoms with Crippen LogP contribution in [0.3, 0.4) is 0 Å². The van der Waals surface area contributed by atoms with Crippen LogP contribution < -0.4 is 5.32 Å². The fourth-order valence-corrected chi connectivity index (χ4v) is 1.86. The van der Waals surface area contributed by atoms with Crippen LogP contribution in [0.25, 0.3) is 11.1 Å². The van der Waals surface area contributed by atoms with Gasteiger partial charge in [0.1, 0.15) is 0 Å². The third kappa shape index (κ3) is 3.61. The third-order valence-corrected chi connectivity index (χ3v) is 2.89. The summed E-state index contributed by atoms with van der Waals surface area (Å²) in [6.45, 7) is 4.92. The van der Waals surface area contributed by atoms with Crippen LogP contribution in [0.15, 0.2) is 42.5 Å². The number of halogens is 2. The smallest absolute Gasteiger partial charge is 0.159 e. The second-order valence-electron chi connectivity index (χ2n) is 4.86. The monoisotopic (exact) mass is 261 g/mol. The number of hydrogen-bond donors (Lipinski definition) is 1. The number of nitrogens with one attached hydrogen (secondary N) is 1. The maximum atomic E-state index is 13.2. The van der Waals surface area contributed by atoms with Crippen LogP contribution in [-0.2, 0) is 6.54 Å². The van der Waals surface area contributed by atoms with Crippen molar-refractivity contribution < 1.29 is 8.78 Å². The second-order valence-corrected chi connectivity index (χ2v) is 4.86. The third-order valence-electron chi connectivity index (χ3n) is 2.89. The van der Waals surface area contributed by atoms with Crippen LogP contribution in [0.4, 0.5) is 8.78 Å². The van der Waals surface area contributed by atoms with E-state index in [9.17, 15) is 8.78 Å². The van der Waals surface area contributed by atoms with Gasteiger partial charge in [0, 0.05) is 12.6 Å². The molecule has 0 spiro atoms. The van der Waals surface area contributed by atoms with Gasteiger partial charge in [-0.2, -0.15) is 0 Å². The fourth-order valence-electron chi connectivity index (χ4n) is 1.86. The fraction of sp³-hybridized carbons (Fsp3) is 0.250. The summed E-state index contributed by atoms with van der Waals surface area (Å²) in [5, 5.41) is 3.33. The topological polar surface area (TPSA) is 12.0 Å². The average Bonchev–Trinajstić information content (AvgIpc) is 2.40. The zero-order valence-corrected chi connectivity index (χ0v) is 11.1. The predicted molar refractivity (Wildman–Crippen MR) is 73.8 cm³/mol. The summed E-state index contributed by atoms with van der Waals surface area (Å²) in [7, 11) is 0. The minimum atomic E-state index is -0.818. The molecule has 19 heavy (non-hydrogen) atoms. The molecule has 0 aliphatic carbocycles. The molecule has 0 radical (unpaired) electrons. The average molecular weight is 261 g/mol. The van der Waals surface area contributed by atoms with Crippen LogP contribution >= 0.6 is 0 Å².